The van der Waals surface area contributed by atoms with Crippen molar-refractivity contribution in [1.29, 1.82) is 0 Å². The quantitative estimate of drug-likeness (QED) is 0.112. The minimum absolute atomic E-state index is 0.244. The average Bonchev–Trinajstić information content (AvgIpc) is 3.99. The number of rotatable bonds is 0. The Morgan fingerprint density at radius 3 is 1.70 bits per heavy atom. The predicted molar refractivity (Wildman–Crippen MR) is 256 cm³/mol. The largest absolute Gasteiger partial charge is 0.412 e. The number of aromatic nitrogens is 3. The minimum atomic E-state index is -0.609. The third-order valence-corrected chi connectivity index (χ3v) is 16.6. The van der Waals surface area contributed by atoms with Crippen LogP contribution in [0.15, 0.2) is 206 Å². The van der Waals surface area contributed by atoms with E-state index >= 15 is 0 Å². The molecule has 2 aliphatic carbocycles. The van der Waals surface area contributed by atoms with Crippen LogP contribution in [0.3, 0.4) is 0 Å². The predicted octanol–water partition coefficient (Wildman–Crippen LogP) is 12.5. The SMILES string of the molecule is c1ccc2c(c1)-c1ccccc1C21c2ccccc2N2c3ccccc3[N+]34c5c(ccc6c5-n5c7c(cccc7c7ccc[n+]3c75)C63c5ccccc5-c5ccccc53)Oc3ccc1c2[n+]34. The summed E-state index contributed by atoms with van der Waals surface area (Å²) < 4.78 is 15.4. The summed E-state index contributed by atoms with van der Waals surface area (Å²) in [5, 5.41) is 2.47. The van der Waals surface area contributed by atoms with E-state index in [-0.39, 0.29) is 4.70 Å². The Balaban J connectivity index is 1.09. The second kappa shape index (κ2) is 10.5. The maximum Gasteiger partial charge on any atom is 0.352 e. The molecule has 18 rings (SSSR count). The molecule has 0 saturated heterocycles. The summed E-state index contributed by atoms with van der Waals surface area (Å²) in [5.41, 5.74) is 22.4. The molecule has 1 unspecified atom stereocenters. The first-order valence-electron chi connectivity index (χ1n) is 23.0. The number of pyridine rings is 2. The molecular weight excluding hydrogens is 807 g/mol. The van der Waals surface area contributed by atoms with Gasteiger partial charge in [-0.05, 0) is 97.7 Å². The minimum Gasteiger partial charge on any atom is -0.412 e. The molecule has 8 heterocycles. The second-order valence-electron chi connectivity index (χ2n) is 18.9. The van der Waals surface area contributed by atoms with E-state index in [1.807, 2.05) is 0 Å². The molecule has 0 fully saturated rings. The van der Waals surface area contributed by atoms with Gasteiger partial charge < -0.3 is 4.74 Å². The first kappa shape index (κ1) is 33.0. The molecule has 302 valence electrons. The third kappa shape index (κ3) is 3.06. The van der Waals surface area contributed by atoms with Crippen LogP contribution in [0.5, 0.6) is 11.6 Å². The molecule has 11 aromatic rings. The van der Waals surface area contributed by atoms with Gasteiger partial charge in [-0.15, -0.1) is 0 Å². The van der Waals surface area contributed by atoms with Crippen LogP contribution in [0.1, 0.15) is 44.5 Å². The third-order valence-electron chi connectivity index (χ3n) is 16.6. The smallest absolute Gasteiger partial charge is 0.352 e. The molecule has 6 nitrogen and oxygen atoms in total. The summed E-state index contributed by atoms with van der Waals surface area (Å²) in [6.07, 6.45) is 2.31. The van der Waals surface area contributed by atoms with Gasteiger partial charge in [-0.1, -0.05) is 140 Å². The van der Waals surface area contributed by atoms with Gasteiger partial charge in [-0.25, -0.2) is 0 Å². The van der Waals surface area contributed by atoms with Crippen molar-refractivity contribution < 1.29 is 14.1 Å². The number of nitrogens with zero attached hydrogens (tertiary/aromatic N) is 5. The maximum absolute atomic E-state index is 7.49. The van der Waals surface area contributed by atoms with Gasteiger partial charge in [0.2, 0.25) is 17.1 Å². The van der Waals surface area contributed by atoms with Crippen LogP contribution in [0.4, 0.5) is 28.6 Å². The summed E-state index contributed by atoms with van der Waals surface area (Å²) in [6.45, 7) is 0. The lowest BCUT2D eigenvalue weighted by Gasteiger charge is -2.47. The molecule has 0 radical (unpaired) electrons. The molecule has 6 heteroatoms. The van der Waals surface area contributed by atoms with Crippen LogP contribution in [-0.4, -0.2) is 4.57 Å². The Bertz CT molecular complexity index is 4110. The number of hydrogen-bond donors (Lipinski definition) is 0. The first-order chi connectivity index (χ1) is 32.8. The molecule has 1 atom stereocenters. The number of anilines is 3. The van der Waals surface area contributed by atoms with Crippen molar-refractivity contribution in [2.75, 3.05) is 4.90 Å². The lowest BCUT2D eigenvalue weighted by molar-refractivity contribution is -1.03. The Hall–Kier alpha value is -8.58. The molecule has 8 aromatic carbocycles. The van der Waals surface area contributed by atoms with E-state index in [9.17, 15) is 0 Å². The Labute approximate surface area is 378 Å². The van der Waals surface area contributed by atoms with E-state index in [4.69, 9.17) is 4.74 Å². The number of para-hydroxylation sites is 4. The van der Waals surface area contributed by atoms with Crippen LogP contribution in [-0.2, 0) is 10.8 Å². The van der Waals surface area contributed by atoms with Gasteiger partial charge in [-0.3, -0.25) is 0 Å². The van der Waals surface area contributed by atoms with Gasteiger partial charge in [0.25, 0.3) is 5.69 Å². The second-order valence-corrected chi connectivity index (χ2v) is 18.9. The van der Waals surface area contributed by atoms with Crippen molar-refractivity contribution in [3.63, 3.8) is 0 Å². The summed E-state index contributed by atoms with van der Waals surface area (Å²) >= 11 is 0. The van der Waals surface area contributed by atoms with Gasteiger partial charge in [0.05, 0.1) is 26.5 Å². The van der Waals surface area contributed by atoms with Crippen LogP contribution >= 0.6 is 0 Å². The van der Waals surface area contributed by atoms with E-state index in [1.165, 1.54) is 94.4 Å². The van der Waals surface area contributed by atoms with Crippen molar-refractivity contribution in [3.05, 3.63) is 251 Å². The topological polar surface area (TPSA) is 25.2 Å². The molecule has 3 aromatic heterocycles. The maximum atomic E-state index is 7.49. The van der Waals surface area contributed by atoms with Crippen molar-refractivity contribution in [2.45, 2.75) is 10.8 Å². The zero-order chi connectivity index (χ0) is 42.4. The number of hydrogen-bond acceptors (Lipinski definition) is 2. The van der Waals surface area contributed by atoms with Crippen molar-refractivity contribution in [1.82, 2.24) is 9.27 Å². The number of fused-ring (bicyclic) bond motifs is 19. The van der Waals surface area contributed by atoms with Crippen molar-refractivity contribution >= 4 is 50.5 Å². The standard InChI is InChI=1S/C60H34N5O/c1-5-21-41-35(15-1)36-16-2-6-22-42(36)59(41)45-25-9-10-27-49(45)62-50-28-11-12-29-51(50)65-56-52(66-53-33-31-48(59)58(62)64(53)65)32-30-47-55(56)63-54-39(40-20-14-34-61(65)57(40)63)19-13-26-46(54)60(47)43-23-7-3-17-37(43)38-18-4-8-24-44(38)60/h1-34H/q+3. The monoisotopic (exact) mass is 840 g/mol. The molecular formula is C60H34N5O+3. The number of benzene rings is 8. The average molecular weight is 841 g/mol. The van der Waals surface area contributed by atoms with E-state index in [0.29, 0.717) is 0 Å². The highest BCUT2D eigenvalue weighted by atomic mass is 16.5. The van der Waals surface area contributed by atoms with E-state index in [2.05, 4.69) is 225 Å². The van der Waals surface area contributed by atoms with Gasteiger partial charge in [0, 0.05) is 38.9 Å². The number of ether oxygens (including phenoxy) is 1. The summed E-state index contributed by atoms with van der Waals surface area (Å²) in [7, 11) is 0. The highest BCUT2D eigenvalue weighted by Crippen LogP contribution is 2.69. The van der Waals surface area contributed by atoms with Crippen molar-refractivity contribution in [2.24, 2.45) is 0 Å². The Morgan fingerprint density at radius 1 is 0.439 bits per heavy atom. The van der Waals surface area contributed by atoms with Crippen LogP contribution in [0.25, 0.3) is 49.9 Å². The summed E-state index contributed by atoms with van der Waals surface area (Å²) in [6, 6.07) is 75.6. The zero-order valence-electron chi connectivity index (χ0n) is 35.3. The highest BCUT2D eigenvalue weighted by Gasteiger charge is 2.72. The van der Waals surface area contributed by atoms with Gasteiger partial charge in [-0.2, -0.15) is 9.47 Å². The van der Waals surface area contributed by atoms with E-state index in [1.54, 1.807) is 0 Å². The van der Waals surface area contributed by atoms with Crippen molar-refractivity contribution in [3.8, 4) is 39.6 Å². The Morgan fingerprint density at radius 2 is 1.00 bits per heavy atom. The van der Waals surface area contributed by atoms with Gasteiger partial charge in [0.1, 0.15) is 11.2 Å². The van der Waals surface area contributed by atoms with E-state index in [0.717, 1.165) is 40.2 Å². The molecule has 7 aliphatic rings. The lowest BCUT2D eigenvalue weighted by Crippen LogP contribution is -2.87. The molecule has 5 aliphatic heterocycles. The van der Waals surface area contributed by atoms with Gasteiger partial charge >= 0.3 is 23.0 Å². The molecule has 0 saturated carbocycles. The molecule has 0 bridgehead atoms. The zero-order valence-corrected chi connectivity index (χ0v) is 35.3. The van der Waals surface area contributed by atoms with Crippen LogP contribution in [0, 0.1) is 0 Å². The fraction of sp³-hybridized carbons (Fsp3) is 0.0333. The summed E-state index contributed by atoms with van der Waals surface area (Å²) in [5.74, 6) is 2.73. The molecule has 0 amide bonds. The fourth-order valence-corrected chi connectivity index (χ4v) is 14.6. The lowest BCUT2D eigenvalue weighted by atomic mass is 9.65. The van der Waals surface area contributed by atoms with E-state index < -0.39 is 10.8 Å². The Kier molecular flexibility index (Phi) is 5.25. The highest BCUT2D eigenvalue weighted by molar-refractivity contribution is 6.13. The molecule has 3 spiro atoms. The first-order valence-corrected chi connectivity index (χ1v) is 23.0. The van der Waals surface area contributed by atoms with Crippen LogP contribution in [0.2, 0.25) is 0 Å². The number of quaternary nitrogens is 1. The van der Waals surface area contributed by atoms with Crippen LogP contribution < -0.4 is 23.7 Å². The normalized spacial score (nSPS) is 18.1. The molecule has 0 N–H and O–H groups in total. The fourth-order valence-electron chi connectivity index (χ4n) is 14.6. The summed E-state index contributed by atoms with van der Waals surface area (Å²) in [4.78, 5) is 2.54. The van der Waals surface area contributed by atoms with Gasteiger partial charge in [0.15, 0.2) is 6.20 Å². The molecule has 66 heavy (non-hydrogen) atoms.